The van der Waals surface area contributed by atoms with Gasteiger partial charge in [-0.05, 0) is 0 Å². The van der Waals surface area contributed by atoms with Crippen molar-refractivity contribution >= 4 is 11.6 Å². The summed E-state index contributed by atoms with van der Waals surface area (Å²) >= 11 is 8.59. The number of unbranched alkanes of at least 4 members (excludes halogenated alkanes) is 1. The van der Waals surface area contributed by atoms with Crippen LogP contribution in [0.2, 0.25) is 0 Å². The molecule has 0 aliphatic carbocycles. The van der Waals surface area contributed by atoms with Crippen molar-refractivity contribution < 1.29 is 19.2 Å². The van der Waals surface area contributed by atoms with Crippen LogP contribution in [0, 0.1) is 0 Å². The first-order valence-electron chi connectivity index (χ1n) is 2.52. The van der Waals surface area contributed by atoms with Crippen molar-refractivity contribution in [2.75, 3.05) is 0 Å². The normalized spacial score (nSPS) is 14.3. The average molecular weight is 212 g/mol. The molecular formula is C5H10ClPd. The fraction of sp³-hybridized carbons (Fsp3) is 1.00. The fourth-order valence-corrected chi connectivity index (χ4v) is 0.817. The maximum atomic E-state index is 5.59. The Hall–Kier alpha value is 0.952. The van der Waals surface area contributed by atoms with E-state index in [0.717, 1.165) is 6.42 Å². The van der Waals surface area contributed by atoms with Gasteiger partial charge in [-0.25, -0.2) is 0 Å². The Bertz CT molecular complexity index is 37.1. The molecule has 0 nitrogen and oxygen atoms in total. The van der Waals surface area contributed by atoms with Crippen molar-refractivity contribution in [1.29, 1.82) is 0 Å². The Morgan fingerprint density at radius 2 is 2.29 bits per heavy atom. The van der Waals surface area contributed by atoms with Gasteiger partial charge in [-0.1, -0.05) is 0 Å². The van der Waals surface area contributed by atoms with E-state index in [1.165, 1.54) is 12.8 Å². The number of rotatable bonds is 3. The zero-order chi connectivity index (χ0) is 5.70. The quantitative estimate of drug-likeness (QED) is 0.497. The molecular weight excluding hydrogens is 202 g/mol. The topological polar surface area (TPSA) is 0 Å². The second-order valence-electron chi connectivity index (χ2n) is 1.49. The molecule has 0 aromatic rings. The molecule has 1 unspecified atom stereocenters. The van der Waals surface area contributed by atoms with Crippen molar-refractivity contribution in [3.05, 3.63) is 0 Å². The molecule has 0 aromatic heterocycles. The molecule has 2 heteroatoms. The van der Waals surface area contributed by atoms with Crippen LogP contribution in [0.1, 0.15) is 26.2 Å². The van der Waals surface area contributed by atoms with Crippen molar-refractivity contribution in [3.8, 4) is 0 Å². The van der Waals surface area contributed by atoms with E-state index in [1.807, 2.05) is 0 Å². The minimum atomic E-state index is 0.225. The SMILES string of the molecule is CCCC[CH](Cl)[Pd]. The predicted molar refractivity (Wildman–Crippen MR) is 29.2 cm³/mol. The Labute approximate surface area is 61.0 Å². The van der Waals surface area contributed by atoms with Crippen LogP contribution in [0.4, 0.5) is 0 Å². The van der Waals surface area contributed by atoms with Crippen LogP contribution in [0.3, 0.4) is 0 Å². The summed E-state index contributed by atoms with van der Waals surface area (Å²) in [7, 11) is 0. The van der Waals surface area contributed by atoms with Gasteiger partial charge in [0.2, 0.25) is 0 Å². The molecule has 0 saturated carbocycles. The second-order valence-corrected chi connectivity index (χ2v) is 3.59. The van der Waals surface area contributed by atoms with E-state index in [0.29, 0.717) is 0 Å². The zero-order valence-corrected chi connectivity index (χ0v) is 6.70. The van der Waals surface area contributed by atoms with Crippen LogP contribution in [0.5, 0.6) is 0 Å². The summed E-state index contributed by atoms with van der Waals surface area (Å²) in [6, 6.07) is 0. The average Bonchev–Trinajstić information content (AvgIpc) is 1.61. The van der Waals surface area contributed by atoms with Crippen LogP contribution in [-0.2, 0) is 19.2 Å². The molecule has 0 heterocycles. The van der Waals surface area contributed by atoms with E-state index in [4.69, 9.17) is 11.6 Å². The molecule has 0 radical (unpaired) electrons. The monoisotopic (exact) mass is 211 g/mol. The van der Waals surface area contributed by atoms with E-state index in [2.05, 4.69) is 26.1 Å². The molecule has 0 aliphatic heterocycles. The third kappa shape index (κ3) is 6.95. The third-order valence-electron chi connectivity index (χ3n) is 0.758. The Morgan fingerprint density at radius 3 is 2.43 bits per heavy atom. The van der Waals surface area contributed by atoms with Crippen molar-refractivity contribution in [3.63, 3.8) is 0 Å². The summed E-state index contributed by atoms with van der Waals surface area (Å²) in [6.45, 7) is 2.16. The summed E-state index contributed by atoms with van der Waals surface area (Å²) < 4.78 is 0.225. The molecule has 0 rings (SSSR count). The summed E-state index contributed by atoms with van der Waals surface area (Å²) in [5.74, 6) is 0. The van der Waals surface area contributed by atoms with Crippen LogP contribution in [-0.4, -0.2) is 3.85 Å². The maximum absolute atomic E-state index is 5.59. The van der Waals surface area contributed by atoms with Crippen molar-refractivity contribution in [2.45, 2.75) is 30.0 Å². The molecule has 7 heavy (non-hydrogen) atoms. The summed E-state index contributed by atoms with van der Waals surface area (Å²) in [5, 5.41) is 0. The molecule has 0 N–H and O–H groups in total. The minimum absolute atomic E-state index is 0.225. The van der Waals surface area contributed by atoms with Gasteiger partial charge in [-0.3, -0.25) is 0 Å². The first kappa shape index (κ1) is 7.95. The number of hydrogen-bond acceptors (Lipinski definition) is 0. The molecule has 1 atom stereocenters. The van der Waals surface area contributed by atoms with Gasteiger partial charge in [0, 0.05) is 0 Å². The van der Waals surface area contributed by atoms with E-state index in [-0.39, 0.29) is 3.85 Å². The van der Waals surface area contributed by atoms with Gasteiger partial charge >= 0.3 is 60.8 Å². The van der Waals surface area contributed by atoms with Gasteiger partial charge < -0.3 is 0 Å². The number of hydrogen-bond donors (Lipinski definition) is 0. The molecule has 0 bridgehead atoms. The molecule has 0 spiro atoms. The van der Waals surface area contributed by atoms with Gasteiger partial charge in [0.1, 0.15) is 0 Å². The fourth-order valence-electron chi connectivity index (χ4n) is 0.346. The van der Waals surface area contributed by atoms with E-state index in [9.17, 15) is 0 Å². The van der Waals surface area contributed by atoms with Gasteiger partial charge in [0.25, 0.3) is 0 Å². The van der Waals surface area contributed by atoms with Crippen LogP contribution >= 0.6 is 11.6 Å². The molecule has 0 aliphatic rings. The number of alkyl halides is 1. The van der Waals surface area contributed by atoms with E-state index in [1.54, 1.807) is 0 Å². The van der Waals surface area contributed by atoms with Crippen LogP contribution in [0.25, 0.3) is 0 Å². The van der Waals surface area contributed by atoms with Gasteiger partial charge in [-0.2, -0.15) is 0 Å². The van der Waals surface area contributed by atoms with Crippen LogP contribution < -0.4 is 0 Å². The zero-order valence-electron chi connectivity index (χ0n) is 4.39. The van der Waals surface area contributed by atoms with E-state index >= 15 is 0 Å². The second kappa shape index (κ2) is 5.10. The van der Waals surface area contributed by atoms with Gasteiger partial charge in [0.15, 0.2) is 0 Å². The molecule has 0 aromatic carbocycles. The first-order valence-corrected chi connectivity index (χ1v) is 3.85. The first-order chi connectivity index (χ1) is 3.27. The van der Waals surface area contributed by atoms with Gasteiger partial charge in [0.05, 0.1) is 0 Å². The molecule has 0 fully saturated rings. The van der Waals surface area contributed by atoms with Crippen molar-refractivity contribution in [1.82, 2.24) is 0 Å². The Balaban J connectivity index is 2.68. The Morgan fingerprint density at radius 1 is 1.71 bits per heavy atom. The molecule has 0 amide bonds. The summed E-state index contributed by atoms with van der Waals surface area (Å²) in [4.78, 5) is 0. The van der Waals surface area contributed by atoms with Gasteiger partial charge in [-0.15, -0.1) is 0 Å². The van der Waals surface area contributed by atoms with E-state index < -0.39 is 0 Å². The van der Waals surface area contributed by atoms with Crippen molar-refractivity contribution in [2.24, 2.45) is 0 Å². The summed E-state index contributed by atoms with van der Waals surface area (Å²) in [5.41, 5.74) is 0. The third-order valence-corrected chi connectivity index (χ3v) is 1.43. The number of halogens is 1. The molecule has 0 saturated heterocycles. The standard InChI is InChI=1S/C5H10Cl.Pd/c1-2-3-4-5-6;/h5H,2-4H2,1H3;. The Kier molecular flexibility index (Phi) is 5.79. The molecule has 47 valence electrons. The predicted octanol–water partition coefficient (Wildman–Crippen LogP) is 2.29. The van der Waals surface area contributed by atoms with Crippen LogP contribution in [0.15, 0.2) is 0 Å². The summed E-state index contributed by atoms with van der Waals surface area (Å²) in [6.07, 6.45) is 3.57.